The third kappa shape index (κ3) is 6.22. The van der Waals surface area contributed by atoms with Crippen LogP contribution in [-0.2, 0) is 14.6 Å². The molecule has 0 bridgehead atoms. The summed E-state index contributed by atoms with van der Waals surface area (Å²) in [6, 6.07) is 11.9. The molecule has 0 saturated heterocycles. The molecule has 134 valence electrons. The van der Waals surface area contributed by atoms with Gasteiger partial charge in [-0.15, -0.1) is 0 Å². The zero-order valence-electron chi connectivity index (χ0n) is 13.6. The Morgan fingerprint density at radius 1 is 1.12 bits per heavy atom. The number of rotatable bonds is 7. The second-order valence-corrected chi connectivity index (χ2v) is 8.59. The molecule has 1 amide bonds. The molecule has 0 saturated carbocycles. The summed E-state index contributed by atoms with van der Waals surface area (Å²) in [5, 5.41) is 2.63. The van der Waals surface area contributed by atoms with Crippen molar-refractivity contribution in [2.45, 2.75) is 4.90 Å². The first-order valence-electron chi connectivity index (χ1n) is 7.48. The number of carbonyl (C=O) groups excluding carboxylic acids is 1. The van der Waals surface area contributed by atoms with E-state index < -0.39 is 9.84 Å². The Morgan fingerprint density at radius 2 is 1.72 bits per heavy atom. The van der Waals surface area contributed by atoms with Crippen LogP contribution in [-0.4, -0.2) is 45.1 Å². The highest BCUT2D eigenvalue weighted by Gasteiger charge is 2.16. The van der Waals surface area contributed by atoms with Gasteiger partial charge in [-0.05, 0) is 55.6 Å². The summed E-state index contributed by atoms with van der Waals surface area (Å²) in [7, 11) is -1.74. The van der Waals surface area contributed by atoms with Crippen molar-refractivity contribution in [2.24, 2.45) is 0 Å². The van der Waals surface area contributed by atoms with Crippen molar-refractivity contribution < 1.29 is 17.6 Å². The molecule has 0 aliphatic carbocycles. The van der Waals surface area contributed by atoms with Crippen LogP contribution in [0.3, 0.4) is 0 Å². The van der Waals surface area contributed by atoms with E-state index in [2.05, 4.69) is 21.2 Å². The van der Waals surface area contributed by atoms with Crippen molar-refractivity contribution in [3.8, 4) is 0 Å². The monoisotopic (exact) mass is 428 g/mol. The summed E-state index contributed by atoms with van der Waals surface area (Å²) in [5.74, 6) is -0.766. The highest BCUT2D eigenvalue weighted by atomic mass is 79.9. The van der Waals surface area contributed by atoms with Crippen LogP contribution in [0, 0.1) is 5.82 Å². The van der Waals surface area contributed by atoms with E-state index in [1.807, 2.05) is 0 Å². The number of nitrogens with one attached hydrogen (secondary N) is 1. The lowest BCUT2D eigenvalue weighted by atomic mass is 10.3. The molecule has 2 aromatic rings. The van der Waals surface area contributed by atoms with Crippen molar-refractivity contribution in [1.29, 1.82) is 0 Å². The average Bonchev–Trinajstić information content (AvgIpc) is 2.55. The number of anilines is 1. The number of likely N-dealkylation sites (N-methyl/N-ethyl adjacent to an activating group) is 1. The summed E-state index contributed by atoms with van der Waals surface area (Å²) >= 11 is 3.26. The van der Waals surface area contributed by atoms with Crippen LogP contribution in [0.2, 0.25) is 0 Å². The van der Waals surface area contributed by atoms with E-state index in [9.17, 15) is 17.6 Å². The van der Waals surface area contributed by atoms with Gasteiger partial charge in [0, 0.05) is 16.7 Å². The number of carbonyl (C=O) groups is 1. The molecule has 5 nitrogen and oxygen atoms in total. The lowest BCUT2D eigenvalue weighted by Crippen LogP contribution is -2.33. The van der Waals surface area contributed by atoms with Gasteiger partial charge >= 0.3 is 0 Å². The Kier molecular flexibility index (Phi) is 6.69. The largest absolute Gasteiger partial charge is 0.325 e. The van der Waals surface area contributed by atoms with Gasteiger partial charge in [0.25, 0.3) is 0 Å². The van der Waals surface area contributed by atoms with Gasteiger partial charge in [0.1, 0.15) is 5.82 Å². The number of amides is 1. The minimum atomic E-state index is -3.41. The van der Waals surface area contributed by atoms with Gasteiger partial charge in [0.05, 0.1) is 17.2 Å². The third-order valence-corrected chi connectivity index (χ3v) is 5.70. The summed E-state index contributed by atoms with van der Waals surface area (Å²) in [6.07, 6.45) is 0. The molecule has 0 spiro atoms. The van der Waals surface area contributed by atoms with Crippen LogP contribution < -0.4 is 5.32 Å². The molecule has 0 fully saturated rings. The van der Waals surface area contributed by atoms with Crippen molar-refractivity contribution in [3.05, 3.63) is 58.8 Å². The first-order valence-corrected chi connectivity index (χ1v) is 9.93. The summed E-state index contributed by atoms with van der Waals surface area (Å²) in [5.41, 5.74) is 0.488. The molecule has 0 heterocycles. The minimum Gasteiger partial charge on any atom is -0.325 e. The highest BCUT2D eigenvalue weighted by Crippen LogP contribution is 2.16. The van der Waals surface area contributed by atoms with Gasteiger partial charge < -0.3 is 5.32 Å². The van der Waals surface area contributed by atoms with E-state index in [4.69, 9.17) is 0 Å². The Hall–Kier alpha value is -1.77. The number of nitrogens with zero attached hydrogens (tertiary/aromatic N) is 1. The standard InChI is InChI=1S/C17H18BrFN2O3S/c1-21(12-17(22)20-15-6-4-14(19)5-7-15)10-11-25(23,24)16-8-2-13(18)3-9-16/h2-9H,10-12H2,1H3,(H,20,22). The maximum Gasteiger partial charge on any atom is 0.238 e. The summed E-state index contributed by atoms with van der Waals surface area (Å²) in [6.45, 7) is 0.252. The molecule has 0 radical (unpaired) electrons. The van der Waals surface area contributed by atoms with Crippen LogP contribution >= 0.6 is 15.9 Å². The second kappa shape index (κ2) is 8.55. The molecule has 8 heteroatoms. The van der Waals surface area contributed by atoms with E-state index in [0.717, 1.165) is 4.47 Å². The Morgan fingerprint density at radius 3 is 2.32 bits per heavy atom. The van der Waals surface area contributed by atoms with Gasteiger partial charge in [0.2, 0.25) is 5.91 Å². The fourth-order valence-corrected chi connectivity index (χ4v) is 3.70. The smallest absolute Gasteiger partial charge is 0.238 e. The second-order valence-electron chi connectivity index (χ2n) is 5.57. The quantitative estimate of drug-likeness (QED) is 0.735. The lowest BCUT2D eigenvalue weighted by molar-refractivity contribution is -0.117. The molecule has 2 aromatic carbocycles. The molecule has 0 aromatic heterocycles. The predicted octanol–water partition coefficient (Wildman–Crippen LogP) is 2.93. The molecular formula is C17H18BrFN2O3S. The van der Waals surface area contributed by atoms with E-state index in [-0.39, 0.29) is 35.5 Å². The van der Waals surface area contributed by atoms with Crippen LogP contribution in [0.5, 0.6) is 0 Å². The van der Waals surface area contributed by atoms with E-state index in [0.29, 0.717) is 5.69 Å². The third-order valence-electron chi connectivity index (χ3n) is 3.46. The van der Waals surface area contributed by atoms with Gasteiger partial charge in [-0.2, -0.15) is 0 Å². The first-order chi connectivity index (χ1) is 11.8. The summed E-state index contributed by atoms with van der Waals surface area (Å²) in [4.78, 5) is 13.8. The van der Waals surface area contributed by atoms with Crippen molar-refractivity contribution >= 4 is 37.4 Å². The van der Waals surface area contributed by atoms with Crippen LogP contribution in [0.15, 0.2) is 57.9 Å². The fourth-order valence-electron chi connectivity index (χ4n) is 2.09. The van der Waals surface area contributed by atoms with Gasteiger partial charge in [-0.3, -0.25) is 9.69 Å². The Balaban J connectivity index is 1.85. The zero-order chi connectivity index (χ0) is 18.4. The SMILES string of the molecule is CN(CCS(=O)(=O)c1ccc(Br)cc1)CC(=O)Nc1ccc(F)cc1. The molecule has 25 heavy (non-hydrogen) atoms. The van der Waals surface area contributed by atoms with E-state index in [1.54, 1.807) is 36.2 Å². The zero-order valence-corrected chi connectivity index (χ0v) is 16.0. The molecule has 2 rings (SSSR count). The summed E-state index contributed by atoms with van der Waals surface area (Å²) < 4.78 is 38.2. The van der Waals surface area contributed by atoms with Gasteiger partial charge in [0.15, 0.2) is 9.84 Å². The molecule has 0 aliphatic rings. The van der Waals surface area contributed by atoms with Crippen molar-refractivity contribution in [2.75, 3.05) is 31.2 Å². The topological polar surface area (TPSA) is 66.5 Å². The Bertz CT molecular complexity index is 824. The van der Waals surface area contributed by atoms with Crippen LogP contribution in [0.4, 0.5) is 10.1 Å². The van der Waals surface area contributed by atoms with Crippen LogP contribution in [0.25, 0.3) is 0 Å². The molecule has 0 atom stereocenters. The molecule has 1 N–H and O–H groups in total. The number of hydrogen-bond donors (Lipinski definition) is 1. The van der Waals surface area contributed by atoms with Crippen LogP contribution in [0.1, 0.15) is 0 Å². The maximum absolute atomic E-state index is 12.8. The minimum absolute atomic E-state index is 0.0350. The number of halogens is 2. The van der Waals surface area contributed by atoms with E-state index >= 15 is 0 Å². The average molecular weight is 429 g/mol. The van der Waals surface area contributed by atoms with Gasteiger partial charge in [-0.25, -0.2) is 12.8 Å². The Labute approximate surface area is 154 Å². The normalized spacial score (nSPS) is 11.5. The molecule has 0 aliphatic heterocycles. The number of benzene rings is 2. The lowest BCUT2D eigenvalue weighted by Gasteiger charge is -2.16. The highest BCUT2D eigenvalue weighted by molar-refractivity contribution is 9.10. The number of hydrogen-bond acceptors (Lipinski definition) is 4. The fraction of sp³-hybridized carbons (Fsp3) is 0.235. The first kappa shape index (κ1) is 19.6. The maximum atomic E-state index is 12.8. The van der Waals surface area contributed by atoms with Crippen molar-refractivity contribution in [1.82, 2.24) is 4.90 Å². The van der Waals surface area contributed by atoms with Gasteiger partial charge in [-0.1, -0.05) is 15.9 Å². The molecule has 0 unspecified atom stereocenters. The van der Waals surface area contributed by atoms with Crippen molar-refractivity contribution in [3.63, 3.8) is 0 Å². The molecular weight excluding hydrogens is 411 g/mol. The van der Waals surface area contributed by atoms with E-state index in [1.165, 1.54) is 24.3 Å². The predicted molar refractivity (Wildman–Crippen MR) is 98.7 cm³/mol. The number of sulfone groups is 1.